The zero-order valence-corrected chi connectivity index (χ0v) is 21.2. The van der Waals surface area contributed by atoms with Gasteiger partial charge in [0.25, 0.3) is 0 Å². The van der Waals surface area contributed by atoms with Crippen LogP contribution in [-0.4, -0.2) is 120 Å². The third-order valence-electron chi connectivity index (χ3n) is 7.04. The van der Waals surface area contributed by atoms with Crippen LogP contribution in [0.3, 0.4) is 0 Å². The van der Waals surface area contributed by atoms with E-state index >= 15 is 0 Å². The van der Waals surface area contributed by atoms with Gasteiger partial charge in [0.05, 0.1) is 13.2 Å². The van der Waals surface area contributed by atoms with Crippen molar-refractivity contribution in [3.8, 4) is 28.7 Å². The quantitative estimate of drug-likeness (QED) is 0.167. The van der Waals surface area contributed by atoms with Gasteiger partial charge in [-0.3, -0.25) is 0 Å². The highest BCUT2D eigenvalue weighted by Crippen LogP contribution is 2.44. The Morgan fingerprint density at radius 1 is 0.805 bits per heavy atom. The van der Waals surface area contributed by atoms with E-state index in [2.05, 4.69) is 0 Å². The van der Waals surface area contributed by atoms with Crippen molar-refractivity contribution >= 4 is 5.76 Å². The minimum Gasteiger partial charge on any atom is -0.508 e. The van der Waals surface area contributed by atoms with Gasteiger partial charge in [-0.05, 0) is 18.2 Å². The lowest BCUT2D eigenvalue weighted by molar-refractivity contribution is -0.352. The first-order valence-corrected chi connectivity index (χ1v) is 12.6. The Morgan fingerprint density at radius 3 is 2.27 bits per heavy atom. The van der Waals surface area contributed by atoms with Crippen LogP contribution in [0.15, 0.2) is 36.1 Å². The molecule has 0 aliphatic carbocycles. The van der Waals surface area contributed by atoms with Crippen molar-refractivity contribution in [3.05, 3.63) is 47.2 Å². The number of aliphatic hydroxyl groups is 6. The van der Waals surface area contributed by atoms with E-state index < -0.39 is 80.0 Å². The van der Waals surface area contributed by atoms with Crippen LogP contribution in [0.1, 0.15) is 11.1 Å². The molecule has 0 radical (unpaired) electrons. The number of allylic oxidation sites excluding steroid dienone is 1. The Hall–Kier alpha value is -3.38. The van der Waals surface area contributed by atoms with Crippen LogP contribution in [0, 0.1) is 0 Å². The first-order chi connectivity index (χ1) is 19.5. The Kier molecular flexibility index (Phi) is 8.15. The van der Waals surface area contributed by atoms with E-state index in [1.807, 2.05) is 0 Å². The van der Waals surface area contributed by atoms with E-state index in [9.17, 15) is 51.1 Å². The maximum absolute atomic E-state index is 10.9. The first kappa shape index (κ1) is 29.1. The summed E-state index contributed by atoms with van der Waals surface area (Å²) in [6.07, 6.45) is -14.7. The number of aliphatic hydroxyl groups excluding tert-OH is 6. The molecule has 0 spiro atoms. The Balaban J connectivity index is 1.52. The summed E-state index contributed by atoms with van der Waals surface area (Å²) in [5, 5.41) is 102. The Labute approximate surface area is 231 Å². The molecule has 224 valence electrons. The third-order valence-corrected chi connectivity index (χ3v) is 7.04. The molecule has 2 saturated heterocycles. The molecule has 10 N–H and O–H groups in total. The predicted octanol–water partition coefficient (Wildman–Crippen LogP) is -1.91. The Bertz CT molecular complexity index is 1300. The van der Waals surface area contributed by atoms with Gasteiger partial charge in [-0.15, -0.1) is 0 Å². The highest BCUT2D eigenvalue weighted by molar-refractivity contribution is 5.71. The molecule has 0 saturated carbocycles. The van der Waals surface area contributed by atoms with Crippen molar-refractivity contribution < 1.29 is 74.7 Å². The Morgan fingerprint density at radius 2 is 1.56 bits per heavy atom. The second-order valence-corrected chi connectivity index (χ2v) is 9.85. The maximum Gasteiger partial charge on any atom is 0.229 e. The molecule has 3 heterocycles. The van der Waals surface area contributed by atoms with Gasteiger partial charge in [-0.25, -0.2) is 0 Å². The zero-order valence-electron chi connectivity index (χ0n) is 21.2. The van der Waals surface area contributed by atoms with Crippen molar-refractivity contribution in [2.45, 2.75) is 61.7 Å². The van der Waals surface area contributed by atoms with Crippen LogP contribution in [-0.2, 0) is 25.4 Å². The lowest BCUT2D eigenvalue weighted by Crippen LogP contribution is -2.63. The number of phenols is 4. The van der Waals surface area contributed by atoms with Gasteiger partial charge in [-0.2, -0.15) is 0 Å². The smallest absolute Gasteiger partial charge is 0.229 e. The van der Waals surface area contributed by atoms with E-state index in [1.165, 1.54) is 18.2 Å². The van der Waals surface area contributed by atoms with Crippen LogP contribution in [0.4, 0.5) is 0 Å². The third kappa shape index (κ3) is 5.59. The summed E-state index contributed by atoms with van der Waals surface area (Å²) in [6.45, 7) is -1.16. The van der Waals surface area contributed by atoms with E-state index in [4.69, 9.17) is 23.7 Å². The molecule has 3 aliphatic rings. The summed E-state index contributed by atoms with van der Waals surface area (Å²) < 4.78 is 28.6. The summed E-state index contributed by atoms with van der Waals surface area (Å²) in [6, 6.07) is 6.03. The minimum absolute atomic E-state index is 0.0461. The molecule has 0 amide bonds. The van der Waals surface area contributed by atoms with Crippen LogP contribution >= 0.6 is 0 Å². The molecular weight excluding hydrogens is 552 g/mol. The fraction of sp³-hybridized carbons (Fsp3) is 0.462. The maximum atomic E-state index is 10.9. The highest BCUT2D eigenvalue weighted by atomic mass is 16.8. The predicted molar refractivity (Wildman–Crippen MR) is 132 cm³/mol. The standard InChI is InChI=1S/C26H30O15/c27-7-18-20(34)21(35)24(41-25-22(36)19(33)15(32)8-37-25)26(40-18)39-17-6-11-13(30)4-10(28)5-16(11)38-23(17)9-1-2-12(29)14(31)3-9/h1-5,15,18-22,24-36H,6-8H2/t15-,18-,19+,20-,21+,22+,24-,25+,26-/m1/s1. The summed E-state index contributed by atoms with van der Waals surface area (Å²) in [5.41, 5.74) is 0.361. The van der Waals surface area contributed by atoms with E-state index in [0.29, 0.717) is 0 Å². The number of hydrogen-bond donors (Lipinski definition) is 10. The summed E-state index contributed by atoms with van der Waals surface area (Å²) in [4.78, 5) is 0. The van der Waals surface area contributed by atoms with Crippen molar-refractivity contribution in [1.29, 1.82) is 0 Å². The number of hydrogen-bond acceptors (Lipinski definition) is 15. The van der Waals surface area contributed by atoms with Crippen molar-refractivity contribution in [2.75, 3.05) is 13.2 Å². The van der Waals surface area contributed by atoms with Crippen LogP contribution in [0.2, 0.25) is 0 Å². The number of aromatic hydroxyl groups is 4. The molecule has 0 aromatic heterocycles. The number of ether oxygens (including phenoxy) is 5. The number of rotatable bonds is 6. The van der Waals surface area contributed by atoms with Gasteiger partial charge in [0.1, 0.15) is 59.6 Å². The molecule has 0 unspecified atom stereocenters. The molecule has 9 atom stereocenters. The largest absolute Gasteiger partial charge is 0.508 e. The van der Waals surface area contributed by atoms with Gasteiger partial charge in [-0.1, -0.05) is 0 Å². The average molecular weight is 583 g/mol. The topological polar surface area (TPSA) is 248 Å². The molecule has 5 rings (SSSR count). The molecule has 41 heavy (non-hydrogen) atoms. The fourth-order valence-corrected chi connectivity index (χ4v) is 4.76. The van der Waals surface area contributed by atoms with E-state index in [-0.39, 0.29) is 46.3 Å². The van der Waals surface area contributed by atoms with Crippen LogP contribution in [0.5, 0.6) is 28.7 Å². The van der Waals surface area contributed by atoms with Crippen LogP contribution in [0.25, 0.3) is 5.76 Å². The number of benzene rings is 2. The lowest BCUT2D eigenvalue weighted by atomic mass is 9.98. The SMILES string of the molecule is OC[C@H]1O[C@@H](OC2=C(c3ccc(O)c(O)c3)Oc3cc(O)cc(O)c3C2)[C@H](O[C@@H]2OC[C@@H](O)[C@H](O)[C@@H]2O)[C@@H](O)[C@@H]1O. The van der Waals surface area contributed by atoms with Crippen molar-refractivity contribution in [3.63, 3.8) is 0 Å². The number of fused-ring (bicyclic) bond motifs is 1. The van der Waals surface area contributed by atoms with Gasteiger partial charge in [0.2, 0.25) is 6.29 Å². The molecule has 2 aromatic carbocycles. The molecule has 15 heteroatoms. The lowest BCUT2D eigenvalue weighted by Gasteiger charge is -2.45. The number of phenolic OH excluding ortho intramolecular Hbond substituents is 4. The molecule has 2 aromatic rings. The average Bonchev–Trinajstić information content (AvgIpc) is 2.94. The second kappa shape index (κ2) is 11.5. The second-order valence-electron chi connectivity index (χ2n) is 9.85. The van der Waals surface area contributed by atoms with Gasteiger partial charge in [0, 0.05) is 29.7 Å². The monoisotopic (exact) mass is 582 g/mol. The minimum atomic E-state index is -1.78. The highest BCUT2D eigenvalue weighted by Gasteiger charge is 2.50. The fourth-order valence-electron chi connectivity index (χ4n) is 4.76. The zero-order chi connectivity index (χ0) is 29.6. The van der Waals surface area contributed by atoms with Gasteiger partial charge in [0.15, 0.2) is 29.7 Å². The van der Waals surface area contributed by atoms with E-state index in [1.54, 1.807) is 0 Å². The van der Waals surface area contributed by atoms with Crippen molar-refractivity contribution in [1.82, 2.24) is 0 Å². The molecular formula is C26H30O15. The summed E-state index contributed by atoms with van der Waals surface area (Å²) in [5.74, 6) is -1.65. The van der Waals surface area contributed by atoms with E-state index in [0.717, 1.165) is 12.1 Å². The van der Waals surface area contributed by atoms with Gasteiger partial charge < -0.3 is 74.7 Å². The normalized spacial score (nSPS) is 33.7. The first-order valence-electron chi connectivity index (χ1n) is 12.6. The van der Waals surface area contributed by atoms with Gasteiger partial charge >= 0.3 is 0 Å². The summed E-state index contributed by atoms with van der Waals surface area (Å²) in [7, 11) is 0. The van der Waals surface area contributed by atoms with Crippen molar-refractivity contribution in [2.24, 2.45) is 0 Å². The molecule has 0 bridgehead atoms. The van der Waals surface area contributed by atoms with Crippen LogP contribution < -0.4 is 4.74 Å². The molecule has 2 fully saturated rings. The molecule has 3 aliphatic heterocycles. The molecule has 15 nitrogen and oxygen atoms in total. The summed E-state index contributed by atoms with van der Waals surface area (Å²) >= 11 is 0.